The fourth-order valence-electron chi connectivity index (χ4n) is 2.65. The Morgan fingerprint density at radius 1 is 1.31 bits per heavy atom. The maximum atomic E-state index is 3.99. The predicted octanol–water partition coefficient (Wildman–Crippen LogP) is 1.84. The largest absolute Gasteiger partial charge is 0.350 e. The maximum Gasteiger partial charge on any atom is 0.242 e. The van der Waals surface area contributed by atoms with E-state index in [-0.39, 0.29) is 0 Å². The third-order valence-corrected chi connectivity index (χ3v) is 3.61. The molecule has 0 aromatic carbocycles. The lowest BCUT2D eigenvalue weighted by atomic mass is 9.78. The lowest BCUT2D eigenvalue weighted by Gasteiger charge is -2.34. The highest BCUT2D eigenvalue weighted by Crippen LogP contribution is 2.31. The zero-order valence-corrected chi connectivity index (χ0v) is 10.3. The van der Waals surface area contributed by atoms with Crippen LogP contribution in [-0.4, -0.2) is 26.2 Å². The summed E-state index contributed by atoms with van der Waals surface area (Å²) in [6.07, 6.45) is 5.22. The van der Waals surface area contributed by atoms with E-state index in [2.05, 4.69) is 34.7 Å². The van der Waals surface area contributed by atoms with E-state index in [4.69, 9.17) is 0 Å². The van der Waals surface area contributed by atoms with Crippen LogP contribution in [0.25, 0.3) is 0 Å². The van der Waals surface area contributed by atoms with Crippen LogP contribution in [0.4, 0.5) is 5.95 Å². The van der Waals surface area contributed by atoms with Crippen molar-refractivity contribution in [2.45, 2.75) is 45.6 Å². The van der Waals surface area contributed by atoms with Gasteiger partial charge in [-0.2, -0.15) is 0 Å². The fraction of sp³-hybridized carbons (Fsp3) is 0.909. The summed E-state index contributed by atoms with van der Waals surface area (Å²) in [5.74, 6) is 2.25. The molecule has 0 aliphatic heterocycles. The Balaban J connectivity index is 2.04. The van der Waals surface area contributed by atoms with E-state index in [1.54, 1.807) is 4.68 Å². The smallest absolute Gasteiger partial charge is 0.242 e. The van der Waals surface area contributed by atoms with Crippen molar-refractivity contribution < 1.29 is 0 Å². The molecule has 0 amide bonds. The minimum absolute atomic E-state index is 0.526. The van der Waals surface area contributed by atoms with E-state index in [1.807, 2.05) is 7.05 Å². The molecule has 90 valence electrons. The Kier molecular flexibility index (Phi) is 3.41. The van der Waals surface area contributed by atoms with E-state index in [1.165, 1.54) is 25.7 Å². The van der Waals surface area contributed by atoms with Gasteiger partial charge in [-0.25, -0.2) is 4.68 Å². The molecule has 1 aromatic rings. The van der Waals surface area contributed by atoms with Gasteiger partial charge in [0.1, 0.15) is 0 Å². The number of nitrogens with one attached hydrogen (secondary N) is 1. The highest BCUT2D eigenvalue weighted by molar-refractivity contribution is 5.24. The molecule has 1 heterocycles. The molecule has 0 bridgehead atoms. The first-order valence-electron chi connectivity index (χ1n) is 6.17. The molecule has 1 saturated carbocycles. The van der Waals surface area contributed by atoms with Crippen LogP contribution in [0.15, 0.2) is 0 Å². The molecule has 5 nitrogen and oxygen atoms in total. The van der Waals surface area contributed by atoms with Crippen LogP contribution in [-0.2, 0) is 7.05 Å². The average Bonchev–Trinajstić information content (AvgIpc) is 2.65. The van der Waals surface area contributed by atoms with E-state index >= 15 is 0 Å². The lowest BCUT2D eigenvalue weighted by Crippen LogP contribution is -2.36. The summed E-state index contributed by atoms with van der Waals surface area (Å²) in [6.45, 7) is 4.61. The minimum Gasteiger partial charge on any atom is -0.350 e. The van der Waals surface area contributed by atoms with Crippen molar-refractivity contribution in [1.82, 2.24) is 20.2 Å². The first-order valence-corrected chi connectivity index (χ1v) is 6.17. The molecule has 1 aliphatic carbocycles. The maximum absolute atomic E-state index is 3.99. The normalized spacial score (nSPS) is 26.0. The molecule has 0 radical (unpaired) electrons. The summed E-state index contributed by atoms with van der Waals surface area (Å²) in [6, 6.07) is 0.526. The van der Waals surface area contributed by atoms with Crippen LogP contribution in [0.5, 0.6) is 0 Å². The molecule has 16 heavy (non-hydrogen) atoms. The second-order valence-electron chi connectivity index (χ2n) is 5.07. The number of aryl methyl sites for hydroxylation is 1. The van der Waals surface area contributed by atoms with Gasteiger partial charge in [0.05, 0.1) is 0 Å². The van der Waals surface area contributed by atoms with E-state index < -0.39 is 0 Å². The Bertz CT molecular complexity index is 333. The van der Waals surface area contributed by atoms with E-state index in [0.29, 0.717) is 6.04 Å². The Morgan fingerprint density at radius 2 is 2.06 bits per heavy atom. The van der Waals surface area contributed by atoms with Gasteiger partial charge in [0.15, 0.2) is 0 Å². The van der Waals surface area contributed by atoms with Gasteiger partial charge in [-0.1, -0.05) is 31.8 Å². The molecule has 2 atom stereocenters. The van der Waals surface area contributed by atoms with E-state index in [0.717, 1.165) is 17.8 Å². The summed E-state index contributed by atoms with van der Waals surface area (Å²) >= 11 is 0. The first kappa shape index (κ1) is 11.4. The second-order valence-corrected chi connectivity index (χ2v) is 5.07. The Morgan fingerprint density at radius 3 is 2.69 bits per heavy atom. The average molecular weight is 223 g/mol. The molecule has 1 fully saturated rings. The highest BCUT2D eigenvalue weighted by Gasteiger charge is 2.28. The van der Waals surface area contributed by atoms with Gasteiger partial charge in [-0.15, -0.1) is 0 Å². The minimum atomic E-state index is 0.526. The quantitative estimate of drug-likeness (QED) is 0.849. The number of nitrogens with zero attached hydrogens (tertiary/aromatic N) is 4. The van der Waals surface area contributed by atoms with Crippen LogP contribution in [0.2, 0.25) is 0 Å². The van der Waals surface area contributed by atoms with Crippen molar-refractivity contribution in [3.05, 3.63) is 0 Å². The topological polar surface area (TPSA) is 55.6 Å². The third-order valence-electron chi connectivity index (χ3n) is 3.61. The molecule has 2 rings (SSSR count). The van der Waals surface area contributed by atoms with Crippen molar-refractivity contribution in [2.75, 3.05) is 5.32 Å². The highest BCUT2D eigenvalue weighted by atomic mass is 15.6. The Labute approximate surface area is 96.6 Å². The van der Waals surface area contributed by atoms with Crippen LogP contribution in [0.3, 0.4) is 0 Å². The number of hydrogen-bond acceptors (Lipinski definition) is 4. The zero-order chi connectivity index (χ0) is 11.5. The number of tetrazole rings is 1. The van der Waals surface area contributed by atoms with Crippen molar-refractivity contribution in [3.63, 3.8) is 0 Å². The van der Waals surface area contributed by atoms with Crippen LogP contribution in [0, 0.1) is 11.8 Å². The van der Waals surface area contributed by atoms with Crippen molar-refractivity contribution in [2.24, 2.45) is 18.9 Å². The van der Waals surface area contributed by atoms with Crippen molar-refractivity contribution in [3.8, 4) is 0 Å². The van der Waals surface area contributed by atoms with Crippen molar-refractivity contribution in [1.29, 1.82) is 0 Å². The van der Waals surface area contributed by atoms with Crippen LogP contribution < -0.4 is 5.32 Å². The molecule has 5 heteroatoms. The summed E-state index contributed by atoms with van der Waals surface area (Å²) in [5.41, 5.74) is 0. The fourth-order valence-corrected chi connectivity index (χ4v) is 2.65. The number of anilines is 1. The summed E-state index contributed by atoms with van der Waals surface area (Å²) in [7, 11) is 1.87. The molecular weight excluding hydrogens is 202 g/mol. The third kappa shape index (κ3) is 2.33. The first-order chi connectivity index (χ1) is 7.68. The Hall–Kier alpha value is -1.13. The SMILES string of the molecule is CC(C)C1CCCCC1Nc1nnnn1C. The lowest BCUT2D eigenvalue weighted by molar-refractivity contribution is 0.252. The summed E-state index contributed by atoms with van der Waals surface area (Å²) < 4.78 is 1.70. The van der Waals surface area contributed by atoms with Crippen LogP contribution >= 0.6 is 0 Å². The van der Waals surface area contributed by atoms with Gasteiger partial charge >= 0.3 is 0 Å². The zero-order valence-electron chi connectivity index (χ0n) is 10.3. The van der Waals surface area contributed by atoms with Gasteiger partial charge < -0.3 is 5.32 Å². The monoisotopic (exact) mass is 223 g/mol. The molecule has 0 saturated heterocycles. The predicted molar refractivity (Wildman–Crippen MR) is 63.0 cm³/mol. The van der Waals surface area contributed by atoms with Gasteiger partial charge in [-0.3, -0.25) is 0 Å². The molecule has 1 N–H and O–H groups in total. The van der Waals surface area contributed by atoms with Crippen LogP contribution in [0.1, 0.15) is 39.5 Å². The van der Waals surface area contributed by atoms with Gasteiger partial charge in [-0.05, 0) is 35.1 Å². The molecule has 0 spiro atoms. The van der Waals surface area contributed by atoms with Gasteiger partial charge in [0, 0.05) is 13.1 Å². The summed E-state index contributed by atoms with van der Waals surface area (Å²) in [5, 5.41) is 15.0. The molecule has 1 aromatic heterocycles. The van der Waals surface area contributed by atoms with Gasteiger partial charge in [0.25, 0.3) is 0 Å². The van der Waals surface area contributed by atoms with E-state index in [9.17, 15) is 0 Å². The number of hydrogen-bond donors (Lipinski definition) is 1. The van der Waals surface area contributed by atoms with Gasteiger partial charge in [0.2, 0.25) is 5.95 Å². The summed E-state index contributed by atoms with van der Waals surface area (Å²) in [4.78, 5) is 0. The molecule has 2 unspecified atom stereocenters. The number of aromatic nitrogens is 4. The molecular formula is C11H21N5. The molecule has 1 aliphatic rings. The van der Waals surface area contributed by atoms with Crippen molar-refractivity contribution >= 4 is 5.95 Å². The standard InChI is InChI=1S/C11H21N5/c1-8(2)9-6-4-5-7-10(9)12-11-13-14-15-16(11)3/h8-10H,4-7H2,1-3H3,(H,12,13,15). The number of rotatable bonds is 3. The second kappa shape index (κ2) is 4.80.